The molecule has 26 heavy (non-hydrogen) atoms. The van der Waals surface area contributed by atoms with Gasteiger partial charge in [-0.1, -0.05) is 11.2 Å². The predicted octanol–water partition coefficient (Wildman–Crippen LogP) is 0.160. The highest BCUT2D eigenvalue weighted by atomic mass is 32.2. The number of fused-ring (bicyclic) bond motifs is 1. The monoisotopic (exact) mass is 385 g/mol. The summed E-state index contributed by atoms with van der Waals surface area (Å²) in [7, 11) is -3.34. The number of halogens is 1. The van der Waals surface area contributed by atoms with Crippen LogP contribution in [0, 0.1) is 5.82 Å². The summed E-state index contributed by atoms with van der Waals surface area (Å²) in [5.74, 6) is -0.486. The molecule has 1 aliphatic rings. The summed E-state index contributed by atoms with van der Waals surface area (Å²) in [5, 5.41) is 22.5. The fraction of sp³-hybridized carbons (Fsp3) is 0.357. The molecule has 0 saturated carbocycles. The Kier molecular flexibility index (Phi) is 5.04. The van der Waals surface area contributed by atoms with Crippen LogP contribution >= 0.6 is 0 Å². The number of rotatable bonds is 7. The summed E-state index contributed by atoms with van der Waals surface area (Å²) in [5.41, 5.74) is 1.75. The van der Waals surface area contributed by atoms with Crippen molar-refractivity contribution in [1.29, 1.82) is 0 Å². The number of amidine groups is 1. The molecular weight excluding hydrogens is 369 g/mol. The maximum absolute atomic E-state index is 13.4. The number of ether oxygens (including phenoxy) is 1. The van der Waals surface area contributed by atoms with Gasteiger partial charge in [0.25, 0.3) is 5.88 Å². The smallest absolute Gasteiger partial charge is 0.287 e. The minimum absolute atomic E-state index is 0.0108. The van der Waals surface area contributed by atoms with Crippen molar-refractivity contribution in [2.24, 2.45) is 5.16 Å². The number of aromatic nitrogens is 2. The normalized spacial score (nSPS) is 16.7. The number of hydrogen-bond acceptors (Lipinski definition) is 8. The Hall–Kier alpha value is -2.73. The molecular formula is C14H16FN5O5S. The molecule has 1 atom stereocenters. The van der Waals surface area contributed by atoms with Gasteiger partial charge in [0.05, 0.1) is 12.3 Å². The molecule has 0 amide bonds. The zero-order valence-corrected chi connectivity index (χ0v) is 14.5. The number of benzene rings is 1. The van der Waals surface area contributed by atoms with Crippen LogP contribution < -0.4 is 14.8 Å². The molecule has 1 aromatic carbocycles. The second-order valence-electron chi connectivity index (χ2n) is 5.63. The molecule has 0 spiro atoms. The quantitative estimate of drug-likeness (QED) is 0.201. The molecule has 0 saturated heterocycles. The van der Waals surface area contributed by atoms with Gasteiger partial charge in [0.1, 0.15) is 12.4 Å². The topological polar surface area (TPSA) is 139 Å². The predicted molar refractivity (Wildman–Crippen MR) is 86.9 cm³/mol. The zero-order valence-electron chi connectivity index (χ0n) is 13.6. The molecule has 0 aliphatic heterocycles. The number of nitrogens with zero attached hydrogens (tertiary/aromatic N) is 3. The highest BCUT2D eigenvalue weighted by Gasteiger charge is 2.30. The summed E-state index contributed by atoms with van der Waals surface area (Å²) in [6, 6.07) is 4.22. The second-order valence-corrected chi connectivity index (χ2v) is 7.46. The summed E-state index contributed by atoms with van der Waals surface area (Å²) in [4.78, 5) is 0. The molecule has 2 aromatic rings. The lowest BCUT2D eigenvalue weighted by Crippen LogP contribution is -2.36. The lowest BCUT2D eigenvalue weighted by Gasteiger charge is -2.31. The Morgan fingerprint density at radius 3 is 3.04 bits per heavy atom. The van der Waals surface area contributed by atoms with Gasteiger partial charge in [-0.05, 0) is 40.0 Å². The van der Waals surface area contributed by atoms with Gasteiger partial charge in [0.15, 0.2) is 0 Å². The van der Waals surface area contributed by atoms with E-state index in [0.29, 0.717) is 6.42 Å². The average molecular weight is 385 g/mol. The van der Waals surface area contributed by atoms with E-state index >= 15 is 0 Å². The van der Waals surface area contributed by atoms with E-state index in [9.17, 15) is 18.0 Å². The highest BCUT2D eigenvalue weighted by Crippen LogP contribution is 2.33. The standard InChI is InChI=1S/C14H16FN5O5S/c1-26(22,23)16-4-5-24-14-12(19-25-20-14)13(18-21)17-11-6-8-2-3-9(15)7-10(8)11/h2-3,7,11,16,21H,4-6H2,1H3,(H,17,18)/t11-/m0/s1. The van der Waals surface area contributed by atoms with Gasteiger partial charge in [0, 0.05) is 6.54 Å². The van der Waals surface area contributed by atoms with E-state index in [1.165, 1.54) is 12.1 Å². The fourth-order valence-corrected chi connectivity index (χ4v) is 2.96. The Balaban J connectivity index is 1.64. The van der Waals surface area contributed by atoms with Crippen molar-refractivity contribution >= 4 is 15.9 Å². The van der Waals surface area contributed by atoms with Gasteiger partial charge < -0.3 is 15.3 Å². The lowest BCUT2D eigenvalue weighted by atomic mass is 9.83. The van der Waals surface area contributed by atoms with E-state index < -0.39 is 10.0 Å². The zero-order chi connectivity index (χ0) is 18.7. The Labute approximate surface area is 148 Å². The lowest BCUT2D eigenvalue weighted by molar-refractivity contribution is 0.258. The molecule has 1 heterocycles. The van der Waals surface area contributed by atoms with Gasteiger partial charge in [0.2, 0.25) is 21.6 Å². The summed E-state index contributed by atoms with van der Waals surface area (Å²) < 4.78 is 47.5. The molecule has 0 bridgehead atoms. The van der Waals surface area contributed by atoms with Crippen LogP contribution in [0.15, 0.2) is 28.0 Å². The van der Waals surface area contributed by atoms with E-state index in [4.69, 9.17) is 4.74 Å². The molecule has 10 nitrogen and oxygen atoms in total. The molecule has 3 N–H and O–H groups in total. The number of sulfonamides is 1. The van der Waals surface area contributed by atoms with E-state index in [2.05, 4.69) is 30.1 Å². The van der Waals surface area contributed by atoms with E-state index in [-0.39, 0.29) is 42.4 Å². The van der Waals surface area contributed by atoms with Gasteiger partial charge in [-0.2, -0.15) is 0 Å². The third-order valence-electron chi connectivity index (χ3n) is 3.71. The molecule has 1 aliphatic carbocycles. The minimum Gasteiger partial charge on any atom is -0.472 e. The number of nitrogens with one attached hydrogen (secondary N) is 2. The Morgan fingerprint density at radius 1 is 1.50 bits per heavy atom. The number of oxime groups is 1. The van der Waals surface area contributed by atoms with Crippen LogP contribution in [0.25, 0.3) is 0 Å². The van der Waals surface area contributed by atoms with Crippen molar-refractivity contribution in [2.75, 3.05) is 19.4 Å². The van der Waals surface area contributed by atoms with E-state index in [1.807, 2.05) is 0 Å². The Morgan fingerprint density at radius 2 is 2.31 bits per heavy atom. The van der Waals surface area contributed by atoms with Gasteiger partial charge >= 0.3 is 0 Å². The first-order valence-corrected chi connectivity index (χ1v) is 9.44. The average Bonchev–Trinajstić information content (AvgIpc) is 3.02. The first-order chi connectivity index (χ1) is 12.4. The summed E-state index contributed by atoms with van der Waals surface area (Å²) in [6.45, 7) is -0.0239. The van der Waals surface area contributed by atoms with Crippen molar-refractivity contribution in [3.05, 3.63) is 40.8 Å². The maximum Gasteiger partial charge on any atom is 0.287 e. The van der Waals surface area contributed by atoms with Crippen molar-refractivity contribution in [3.63, 3.8) is 0 Å². The first kappa shape index (κ1) is 18.1. The van der Waals surface area contributed by atoms with Crippen LogP contribution in [-0.2, 0) is 16.4 Å². The third kappa shape index (κ3) is 4.08. The molecule has 3 rings (SSSR count). The molecule has 0 unspecified atom stereocenters. The van der Waals surface area contributed by atoms with Crippen molar-refractivity contribution in [1.82, 2.24) is 20.4 Å². The van der Waals surface area contributed by atoms with Crippen molar-refractivity contribution in [3.8, 4) is 5.88 Å². The van der Waals surface area contributed by atoms with Crippen LogP contribution in [0.4, 0.5) is 4.39 Å². The van der Waals surface area contributed by atoms with Gasteiger partial charge in [-0.25, -0.2) is 22.2 Å². The van der Waals surface area contributed by atoms with Crippen LogP contribution in [0.2, 0.25) is 0 Å². The number of hydrogen-bond donors (Lipinski definition) is 3. The van der Waals surface area contributed by atoms with Gasteiger partial charge in [-0.15, -0.1) is 0 Å². The molecule has 0 fully saturated rings. The Bertz CT molecular complexity index is 930. The first-order valence-electron chi connectivity index (χ1n) is 7.54. The van der Waals surface area contributed by atoms with Crippen LogP contribution in [0.1, 0.15) is 22.9 Å². The summed E-state index contributed by atoms with van der Waals surface area (Å²) >= 11 is 0. The highest BCUT2D eigenvalue weighted by molar-refractivity contribution is 7.88. The minimum atomic E-state index is -3.34. The van der Waals surface area contributed by atoms with Crippen molar-refractivity contribution in [2.45, 2.75) is 12.5 Å². The van der Waals surface area contributed by atoms with Gasteiger partial charge in [-0.3, -0.25) is 0 Å². The molecule has 140 valence electrons. The van der Waals surface area contributed by atoms with E-state index in [0.717, 1.165) is 17.4 Å². The largest absolute Gasteiger partial charge is 0.472 e. The fourth-order valence-electron chi connectivity index (χ4n) is 2.51. The molecule has 1 aromatic heterocycles. The third-order valence-corrected chi connectivity index (χ3v) is 4.43. The molecule has 0 radical (unpaired) electrons. The van der Waals surface area contributed by atoms with Crippen molar-refractivity contribution < 1.29 is 27.4 Å². The second kappa shape index (κ2) is 7.25. The van der Waals surface area contributed by atoms with Crippen LogP contribution in [0.3, 0.4) is 0 Å². The van der Waals surface area contributed by atoms with Crippen LogP contribution in [-0.4, -0.2) is 49.2 Å². The van der Waals surface area contributed by atoms with Crippen LogP contribution in [0.5, 0.6) is 5.88 Å². The maximum atomic E-state index is 13.4. The molecule has 12 heteroatoms. The summed E-state index contributed by atoms with van der Waals surface area (Å²) in [6.07, 6.45) is 1.64. The van der Waals surface area contributed by atoms with E-state index in [1.54, 1.807) is 6.07 Å². The SMILES string of the molecule is CS(=O)(=O)NCCOc1nonc1/C(=N\O)N[C@H]1Cc2ccc(F)cc21.